The van der Waals surface area contributed by atoms with E-state index in [-0.39, 0.29) is 0 Å². The molecule has 0 aliphatic carbocycles. The second-order valence-corrected chi connectivity index (χ2v) is 13.5. The molecule has 2 aromatic heterocycles. The zero-order valence-electron chi connectivity index (χ0n) is 23.8. The minimum Gasteiger partial charge on any atom is -0.135 e. The van der Waals surface area contributed by atoms with Gasteiger partial charge >= 0.3 is 0 Å². The second kappa shape index (κ2) is 10.3. The summed E-state index contributed by atoms with van der Waals surface area (Å²) in [7, 11) is 0. The van der Waals surface area contributed by atoms with Crippen LogP contribution in [0.15, 0.2) is 158 Å². The van der Waals surface area contributed by atoms with E-state index in [0.717, 1.165) is 0 Å². The van der Waals surface area contributed by atoms with Crippen LogP contribution >= 0.6 is 22.7 Å². The van der Waals surface area contributed by atoms with Gasteiger partial charge in [-0.25, -0.2) is 0 Å². The standard InChI is InChI=1S/C42H26S2/c1-3-16-39-35(14-1)37-20-18-33(25-41(37)43-39)31-12-6-10-29(23-31)27-8-5-9-28(22-27)30-11-7-13-32(24-30)34-19-21-38-36-15-2-4-17-40(36)44-42(38)26-34/h1-26H. The van der Waals surface area contributed by atoms with Crippen molar-refractivity contribution < 1.29 is 0 Å². The molecule has 0 radical (unpaired) electrons. The third-order valence-electron chi connectivity index (χ3n) is 8.68. The summed E-state index contributed by atoms with van der Waals surface area (Å²) >= 11 is 3.74. The molecule has 206 valence electrons. The maximum absolute atomic E-state index is 2.34. The molecule has 0 nitrogen and oxygen atoms in total. The van der Waals surface area contributed by atoms with Crippen molar-refractivity contribution in [3.05, 3.63) is 158 Å². The van der Waals surface area contributed by atoms with Crippen molar-refractivity contribution in [3.63, 3.8) is 0 Å². The van der Waals surface area contributed by atoms with E-state index in [1.807, 2.05) is 22.7 Å². The second-order valence-electron chi connectivity index (χ2n) is 11.4. The lowest BCUT2D eigenvalue weighted by Crippen LogP contribution is -1.85. The van der Waals surface area contributed by atoms with Gasteiger partial charge in [-0.1, -0.05) is 115 Å². The number of benzene rings is 7. The van der Waals surface area contributed by atoms with Gasteiger partial charge in [-0.3, -0.25) is 0 Å². The van der Waals surface area contributed by atoms with Crippen LogP contribution in [0, 0.1) is 0 Å². The van der Waals surface area contributed by atoms with Crippen LogP contribution in [-0.4, -0.2) is 0 Å². The predicted molar refractivity (Wildman–Crippen MR) is 194 cm³/mol. The molecule has 0 saturated carbocycles. The molecule has 44 heavy (non-hydrogen) atoms. The summed E-state index contributed by atoms with van der Waals surface area (Å²) in [6.45, 7) is 0. The quantitative estimate of drug-likeness (QED) is 0.190. The van der Waals surface area contributed by atoms with Crippen LogP contribution < -0.4 is 0 Å². The lowest BCUT2D eigenvalue weighted by molar-refractivity contribution is 1.57. The van der Waals surface area contributed by atoms with Crippen LogP contribution in [0.3, 0.4) is 0 Å². The van der Waals surface area contributed by atoms with Crippen molar-refractivity contribution in [2.45, 2.75) is 0 Å². The fourth-order valence-electron chi connectivity index (χ4n) is 6.45. The fourth-order valence-corrected chi connectivity index (χ4v) is 8.74. The lowest BCUT2D eigenvalue weighted by Gasteiger charge is -2.10. The first-order valence-electron chi connectivity index (χ1n) is 14.9. The van der Waals surface area contributed by atoms with Crippen molar-refractivity contribution in [1.29, 1.82) is 0 Å². The molecule has 0 unspecified atom stereocenters. The van der Waals surface area contributed by atoms with Crippen LogP contribution in [0.1, 0.15) is 0 Å². The van der Waals surface area contributed by atoms with E-state index in [0.29, 0.717) is 0 Å². The Hall–Kier alpha value is -5.02. The number of rotatable bonds is 4. The summed E-state index contributed by atoms with van der Waals surface area (Å²) < 4.78 is 5.36. The molecule has 0 aliphatic heterocycles. The minimum atomic E-state index is 1.23. The van der Waals surface area contributed by atoms with Gasteiger partial charge in [-0.2, -0.15) is 0 Å². The Labute approximate surface area is 264 Å². The normalized spacial score (nSPS) is 11.6. The summed E-state index contributed by atoms with van der Waals surface area (Å²) in [4.78, 5) is 0. The first kappa shape index (κ1) is 25.5. The molecule has 9 rings (SSSR count). The fraction of sp³-hybridized carbons (Fsp3) is 0. The van der Waals surface area contributed by atoms with E-state index in [9.17, 15) is 0 Å². The Morgan fingerprint density at radius 3 is 0.932 bits per heavy atom. The molecule has 2 heteroatoms. The summed E-state index contributed by atoms with van der Waals surface area (Å²) in [5.74, 6) is 0. The van der Waals surface area contributed by atoms with Crippen molar-refractivity contribution >= 4 is 63.0 Å². The highest BCUT2D eigenvalue weighted by atomic mass is 32.1. The molecule has 0 amide bonds. The summed E-state index contributed by atoms with van der Waals surface area (Å²) in [5, 5.41) is 5.36. The molecule has 0 N–H and O–H groups in total. The minimum absolute atomic E-state index is 1.23. The van der Waals surface area contributed by atoms with Crippen LogP contribution in [0.4, 0.5) is 0 Å². The van der Waals surface area contributed by atoms with E-state index in [1.165, 1.54) is 84.9 Å². The Kier molecular flexibility index (Phi) is 5.97. The van der Waals surface area contributed by atoms with Crippen molar-refractivity contribution in [1.82, 2.24) is 0 Å². The lowest BCUT2D eigenvalue weighted by atomic mass is 9.94. The van der Waals surface area contributed by atoms with Gasteiger partial charge in [0, 0.05) is 40.3 Å². The van der Waals surface area contributed by atoms with Gasteiger partial charge in [0.05, 0.1) is 0 Å². The van der Waals surface area contributed by atoms with Gasteiger partial charge in [0.15, 0.2) is 0 Å². The Bertz CT molecular complexity index is 2340. The molecule has 2 heterocycles. The number of thiophene rings is 2. The van der Waals surface area contributed by atoms with E-state index in [1.54, 1.807) is 0 Å². The molecule has 0 bridgehead atoms. The zero-order chi connectivity index (χ0) is 29.0. The van der Waals surface area contributed by atoms with E-state index >= 15 is 0 Å². The Morgan fingerprint density at radius 1 is 0.227 bits per heavy atom. The van der Waals surface area contributed by atoms with E-state index in [4.69, 9.17) is 0 Å². The maximum atomic E-state index is 2.34. The van der Waals surface area contributed by atoms with Crippen LogP contribution in [0.25, 0.3) is 84.9 Å². The summed E-state index contributed by atoms with van der Waals surface area (Å²) in [6, 6.07) is 58.0. The average molecular weight is 595 g/mol. The molecule has 0 saturated heterocycles. The molecule has 9 aromatic rings. The van der Waals surface area contributed by atoms with Gasteiger partial charge in [-0.15, -0.1) is 22.7 Å². The highest BCUT2D eigenvalue weighted by molar-refractivity contribution is 7.26. The molecule has 0 fully saturated rings. The third-order valence-corrected chi connectivity index (χ3v) is 10.9. The van der Waals surface area contributed by atoms with Crippen LogP contribution in [-0.2, 0) is 0 Å². The van der Waals surface area contributed by atoms with E-state index in [2.05, 4.69) is 158 Å². The van der Waals surface area contributed by atoms with Gasteiger partial charge < -0.3 is 0 Å². The maximum Gasteiger partial charge on any atom is 0.0361 e. The smallest absolute Gasteiger partial charge is 0.0361 e. The zero-order valence-corrected chi connectivity index (χ0v) is 25.5. The topological polar surface area (TPSA) is 0 Å². The van der Waals surface area contributed by atoms with Crippen molar-refractivity contribution in [2.75, 3.05) is 0 Å². The number of hydrogen-bond acceptors (Lipinski definition) is 2. The van der Waals surface area contributed by atoms with Crippen molar-refractivity contribution in [2.24, 2.45) is 0 Å². The highest BCUT2D eigenvalue weighted by Crippen LogP contribution is 2.39. The highest BCUT2D eigenvalue weighted by Gasteiger charge is 2.10. The van der Waals surface area contributed by atoms with Crippen LogP contribution in [0.2, 0.25) is 0 Å². The summed E-state index contributed by atoms with van der Waals surface area (Å²) in [5.41, 5.74) is 9.90. The molecule has 0 aliphatic rings. The monoisotopic (exact) mass is 594 g/mol. The summed E-state index contributed by atoms with van der Waals surface area (Å²) in [6.07, 6.45) is 0. The predicted octanol–water partition coefficient (Wildman–Crippen LogP) is 13.1. The molecule has 0 spiro atoms. The van der Waals surface area contributed by atoms with Gasteiger partial charge in [-0.05, 0) is 87.0 Å². The van der Waals surface area contributed by atoms with Gasteiger partial charge in [0.25, 0.3) is 0 Å². The average Bonchev–Trinajstić information content (AvgIpc) is 3.66. The molecule has 0 atom stereocenters. The molecular formula is C42H26S2. The van der Waals surface area contributed by atoms with Crippen molar-refractivity contribution in [3.8, 4) is 44.5 Å². The first-order chi connectivity index (χ1) is 21.8. The first-order valence-corrected chi connectivity index (χ1v) is 16.5. The Balaban J connectivity index is 1.05. The van der Waals surface area contributed by atoms with Gasteiger partial charge in [0.2, 0.25) is 0 Å². The largest absolute Gasteiger partial charge is 0.135 e. The SMILES string of the molecule is c1cc(-c2cccc(-c3ccc4c(c3)sc3ccccc34)c2)cc(-c2cccc(-c3ccc4c(c3)sc3ccccc34)c2)c1. The number of fused-ring (bicyclic) bond motifs is 6. The Morgan fingerprint density at radius 2 is 0.545 bits per heavy atom. The third kappa shape index (κ3) is 4.34. The molecular weight excluding hydrogens is 569 g/mol. The van der Waals surface area contributed by atoms with Crippen LogP contribution in [0.5, 0.6) is 0 Å². The van der Waals surface area contributed by atoms with Gasteiger partial charge in [0.1, 0.15) is 0 Å². The number of hydrogen-bond donors (Lipinski definition) is 0. The van der Waals surface area contributed by atoms with E-state index < -0.39 is 0 Å². The molecule has 7 aromatic carbocycles.